The highest BCUT2D eigenvalue weighted by Crippen LogP contribution is 2.30. The molecule has 0 bridgehead atoms. The van der Waals surface area contributed by atoms with Gasteiger partial charge in [0.05, 0.1) is 18.3 Å². The zero-order valence-electron chi connectivity index (χ0n) is 16.4. The molecule has 4 rings (SSSR count). The number of carbonyl (C=O) groups is 2. The number of aromatic nitrogens is 3. The van der Waals surface area contributed by atoms with Gasteiger partial charge in [-0.15, -0.1) is 17.5 Å². The highest BCUT2D eigenvalue weighted by Gasteiger charge is 2.29. The fourth-order valence-electron chi connectivity index (χ4n) is 3.43. The number of rotatable bonds is 6. The molecule has 9 heteroatoms. The summed E-state index contributed by atoms with van der Waals surface area (Å²) < 4.78 is 1.80. The Balaban J connectivity index is 0.00000240. The lowest BCUT2D eigenvalue weighted by Gasteiger charge is -2.22. The van der Waals surface area contributed by atoms with Gasteiger partial charge in [0.25, 0.3) is 5.91 Å². The van der Waals surface area contributed by atoms with Gasteiger partial charge >= 0.3 is 0 Å². The van der Waals surface area contributed by atoms with Crippen molar-refractivity contribution in [2.45, 2.75) is 44.7 Å². The highest BCUT2D eigenvalue weighted by molar-refractivity contribution is 5.94. The SMILES string of the molecule is CC(NC(=O)c1cn(C2CCNCC2)nn1)c1ccc(NC(=O)C2CC2)cc1.Cl. The van der Waals surface area contributed by atoms with Gasteiger partial charge in [-0.25, -0.2) is 4.68 Å². The third kappa shape index (κ3) is 5.33. The minimum atomic E-state index is -0.237. The Kier molecular flexibility index (Phi) is 6.87. The Hall–Kier alpha value is -2.45. The van der Waals surface area contributed by atoms with Crippen LogP contribution in [0, 0.1) is 5.92 Å². The number of anilines is 1. The molecule has 1 aliphatic carbocycles. The van der Waals surface area contributed by atoms with Crippen LogP contribution in [0.4, 0.5) is 5.69 Å². The summed E-state index contributed by atoms with van der Waals surface area (Å²) in [7, 11) is 0. The van der Waals surface area contributed by atoms with Gasteiger partial charge in [0, 0.05) is 11.6 Å². The molecule has 1 aromatic carbocycles. The van der Waals surface area contributed by atoms with Crippen LogP contribution in [-0.2, 0) is 4.79 Å². The van der Waals surface area contributed by atoms with Crippen molar-refractivity contribution >= 4 is 29.9 Å². The summed E-state index contributed by atoms with van der Waals surface area (Å²) in [5.74, 6) is 0.0286. The number of carbonyl (C=O) groups excluding carboxylic acids is 2. The predicted molar refractivity (Wildman–Crippen MR) is 112 cm³/mol. The molecular formula is C20H27ClN6O2. The Morgan fingerprint density at radius 2 is 1.83 bits per heavy atom. The standard InChI is InChI=1S/C20H26N6O2.ClH/c1-13(14-4-6-16(7-5-14)23-19(27)15-2-3-15)22-20(28)18-12-26(25-24-18)17-8-10-21-11-9-17;/h4-7,12-13,15,17,21H,2-3,8-11H2,1H3,(H,22,28)(H,23,27);1H. The van der Waals surface area contributed by atoms with Gasteiger partial charge in [-0.05, 0) is 63.4 Å². The Morgan fingerprint density at radius 1 is 1.14 bits per heavy atom. The van der Waals surface area contributed by atoms with E-state index in [2.05, 4.69) is 26.3 Å². The lowest BCUT2D eigenvalue weighted by atomic mass is 10.1. The van der Waals surface area contributed by atoms with Crippen LogP contribution in [0.1, 0.15) is 60.7 Å². The summed E-state index contributed by atoms with van der Waals surface area (Å²) >= 11 is 0. The summed E-state index contributed by atoms with van der Waals surface area (Å²) in [4.78, 5) is 24.3. The number of hydrogen-bond donors (Lipinski definition) is 3. The molecule has 1 saturated heterocycles. The summed E-state index contributed by atoms with van der Waals surface area (Å²) in [6.07, 6.45) is 5.67. The van der Waals surface area contributed by atoms with Gasteiger partial charge in [-0.2, -0.15) is 0 Å². The smallest absolute Gasteiger partial charge is 0.273 e. The number of hydrogen-bond acceptors (Lipinski definition) is 5. The van der Waals surface area contributed by atoms with Crippen molar-refractivity contribution in [3.05, 3.63) is 41.7 Å². The van der Waals surface area contributed by atoms with Gasteiger partial charge < -0.3 is 16.0 Å². The van der Waals surface area contributed by atoms with E-state index in [0.29, 0.717) is 11.7 Å². The summed E-state index contributed by atoms with van der Waals surface area (Å²) in [5.41, 5.74) is 2.08. The van der Waals surface area contributed by atoms with Crippen molar-refractivity contribution in [3.63, 3.8) is 0 Å². The molecular weight excluding hydrogens is 392 g/mol. The molecule has 2 aromatic rings. The summed E-state index contributed by atoms with van der Waals surface area (Å²) in [6, 6.07) is 7.69. The van der Waals surface area contributed by atoms with E-state index < -0.39 is 0 Å². The minimum absolute atomic E-state index is 0. The van der Waals surface area contributed by atoms with Gasteiger partial charge in [0.15, 0.2) is 5.69 Å². The second-order valence-electron chi connectivity index (χ2n) is 7.65. The molecule has 1 saturated carbocycles. The number of nitrogens with one attached hydrogen (secondary N) is 3. The highest BCUT2D eigenvalue weighted by atomic mass is 35.5. The lowest BCUT2D eigenvalue weighted by Crippen LogP contribution is -2.29. The molecule has 1 aliphatic heterocycles. The summed E-state index contributed by atoms with van der Waals surface area (Å²) in [5, 5.41) is 17.4. The van der Waals surface area contributed by atoms with Crippen molar-refractivity contribution < 1.29 is 9.59 Å². The molecule has 2 aliphatic rings. The van der Waals surface area contributed by atoms with Crippen molar-refractivity contribution in [1.82, 2.24) is 25.6 Å². The van der Waals surface area contributed by atoms with Crippen LogP contribution >= 0.6 is 12.4 Å². The number of nitrogens with zero attached hydrogens (tertiary/aromatic N) is 3. The Bertz CT molecular complexity index is 843. The van der Waals surface area contributed by atoms with Crippen LogP contribution < -0.4 is 16.0 Å². The van der Waals surface area contributed by atoms with Crippen LogP contribution in [0.25, 0.3) is 0 Å². The molecule has 2 amide bonds. The van der Waals surface area contributed by atoms with E-state index in [1.54, 1.807) is 10.9 Å². The maximum atomic E-state index is 12.5. The number of halogens is 1. The number of piperidine rings is 1. The van der Waals surface area contributed by atoms with E-state index in [1.807, 2.05) is 31.2 Å². The van der Waals surface area contributed by atoms with Gasteiger partial charge in [0.2, 0.25) is 5.91 Å². The molecule has 2 heterocycles. The van der Waals surface area contributed by atoms with E-state index in [0.717, 1.165) is 50.0 Å². The molecule has 3 N–H and O–H groups in total. The first-order valence-corrected chi connectivity index (χ1v) is 9.94. The molecule has 0 radical (unpaired) electrons. The van der Waals surface area contributed by atoms with E-state index in [9.17, 15) is 9.59 Å². The zero-order valence-corrected chi connectivity index (χ0v) is 17.2. The monoisotopic (exact) mass is 418 g/mol. The maximum Gasteiger partial charge on any atom is 0.273 e. The first-order chi connectivity index (χ1) is 13.6. The first-order valence-electron chi connectivity index (χ1n) is 9.94. The van der Waals surface area contributed by atoms with Gasteiger partial charge in [0.1, 0.15) is 0 Å². The average Bonchev–Trinajstić information content (AvgIpc) is 3.45. The molecule has 29 heavy (non-hydrogen) atoms. The largest absolute Gasteiger partial charge is 0.344 e. The lowest BCUT2D eigenvalue weighted by molar-refractivity contribution is -0.117. The zero-order chi connectivity index (χ0) is 19.5. The van der Waals surface area contributed by atoms with E-state index >= 15 is 0 Å². The van der Waals surface area contributed by atoms with Crippen molar-refractivity contribution in [3.8, 4) is 0 Å². The predicted octanol–water partition coefficient (Wildman–Crippen LogP) is 2.46. The number of amides is 2. The van der Waals surface area contributed by atoms with E-state index in [4.69, 9.17) is 0 Å². The van der Waals surface area contributed by atoms with Crippen LogP contribution in [-0.4, -0.2) is 39.9 Å². The number of benzene rings is 1. The third-order valence-electron chi connectivity index (χ3n) is 5.40. The molecule has 1 atom stereocenters. The van der Waals surface area contributed by atoms with Crippen LogP contribution in [0.15, 0.2) is 30.5 Å². The van der Waals surface area contributed by atoms with E-state index in [-0.39, 0.29) is 36.2 Å². The van der Waals surface area contributed by atoms with Crippen LogP contribution in [0.3, 0.4) is 0 Å². The molecule has 1 unspecified atom stereocenters. The van der Waals surface area contributed by atoms with Crippen molar-refractivity contribution in [2.75, 3.05) is 18.4 Å². The second kappa shape index (κ2) is 9.37. The molecule has 2 fully saturated rings. The quantitative estimate of drug-likeness (QED) is 0.669. The second-order valence-corrected chi connectivity index (χ2v) is 7.65. The molecule has 1 aromatic heterocycles. The average molecular weight is 419 g/mol. The maximum absolute atomic E-state index is 12.5. The molecule has 8 nitrogen and oxygen atoms in total. The Labute approximate surface area is 176 Å². The van der Waals surface area contributed by atoms with Crippen molar-refractivity contribution in [1.29, 1.82) is 0 Å². The fourth-order valence-corrected chi connectivity index (χ4v) is 3.43. The van der Waals surface area contributed by atoms with Gasteiger partial charge in [-0.3, -0.25) is 9.59 Å². The van der Waals surface area contributed by atoms with E-state index in [1.165, 1.54) is 0 Å². The Morgan fingerprint density at radius 3 is 2.48 bits per heavy atom. The van der Waals surface area contributed by atoms with Crippen LogP contribution in [0.2, 0.25) is 0 Å². The van der Waals surface area contributed by atoms with Crippen LogP contribution in [0.5, 0.6) is 0 Å². The normalized spacial score (nSPS) is 17.8. The molecule has 156 valence electrons. The third-order valence-corrected chi connectivity index (χ3v) is 5.40. The first kappa shape index (κ1) is 21.3. The molecule has 0 spiro atoms. The van der Waals surface area contributed by atoms with Gasteiger partial charge in [-0.1, -0.05) is 17.3 Å². The fraction of sp³-hybridized carbons (Fsp3) is 0.500. The topological polar surface area (TPSA) is 101 Å². The van der Waals surface area contributed by atoms with Crippen molar-refractivity contribution in [2.24, 2.45) is 5.92 Å². The minimum Gasteiger partial charge on any atom is -0.344 e. The summed E-state index contributed by atoms with van der Waals surface area (Å²) in [6.45, 7) is 3.84.